The van der Waals surface area contributed by atoms with Crippen LogP contribution in [0.4, 0.5) is 5.69 Å². The number of carbonyl (C=O) groups is 2. The van der Waals surface area contributed by atoms with Gasteiger partial charge in [-0.2, -0.15) is 0 Å². The number of hydrogen-bond donors (Lipinski definition) is 2. The molecule has 1 fully saturated rings. The smallest absolute Gasteiger partial charge is 0.326 e. The number of nitro benzene ring substituents is 1. The molecule has 1 aliphatic rings. The van der Waals surface area contributed by atoms with E-state index in [1.54, 1.807) is 13.0 Å². The molecule has 2 rings (SSSR count). The monoisotopic (exact) mass is 294 g/mol. The second kappa shape index (κ2) is 5.49. The number of hydrogen-bond acceptors (Lipinski definition) is 5. The van der Waals surface area contributed by atoms with E-state index in [1.165, 1.54) is 12.1 Å². The molecule has 1 saturated heterocycles. The summed E-state index contributed by atoms with van der Waals surface area (Å²) >= 11 is 0. The van der Waals surface area contributed by atoms with E-state index in [0.717, 1.165) is 4.90 Å². The van der Waals surface area contributed by atoms with Crippen molar-refractivity contribution in [3.63, 3.8) is 0 Å². The molecule has 2 N–H and O–H groups in total. The zero-order chi connectivity index (χ0) is 15.7. The van der Waals surface area contributed by atoms with Crippen molar-refractivity contribution >= 4 is 17.6 Å². The minimum absolute atomic E-state index is 0.0826. The van der Waals surface area contributed by atoms with Crippen molar-refractivity contribution in [1.29, 1.82) is 0 Å². The van der Waals surface area contributed by atoms with E-state index < -0.39 is 28.9 Å². The average molecular weight is 294 g/mol. The average Bonchev–Trinajstić information content (AvgIpc) is 2.80. The predicted octanol–water partition coefficient (Wildman–Crippen LogP) is 0.563. The van der Waals surface area contributed by atoms with Gasteiger partial charge in [0.15, 0.2) is 0 Å². The van der Waals surface area contributed by atoms with Gasteiger partial charge in [0, 0.05) is 19.0 Å². The minimum Gasteiger partial charge on any atom is -0.480 e. The van der Waals surface area contributed by atoms with Gasteiger partial charge in [-0.05, 0) is 12.5 Å². The molecular formula is C13H14N2O6. The summed E-state index contributed by atoms with van der Waals surface area (Å²) in [5.74, 6) is -1.99. The summed E-state index contributed by atoms with van der Waals surface area (Å²) in [6, 6.07) is 3.02. The molecule has 0 saturated carbocycles. The van der Waals surface area contributed by atoms with Crippen LogP contribution in [0.1, 0.15) is 22.3 Å². The quantitative estimate of drug-likeness (QED) is 0.620. The normalized spacial score (nSPS) is 21.3. The van der Waals surface area contributed by atoms with Gasteiger partial charge >= 0.3 is 5.97 Å². The van der Waals surface area contributed by atoms with E-state index in [9.17, 15) is 24.8 Å². The van der Waals surface area contributed by atoms with Crippen LogP contribution >= 0.6 is 0 Å². The predicted molar refractivity (Wildman–Crippen MR) is 70.9 cm³/mol. The van der Waals surface area contributed by atoms with Crippen LogP contribution in [0.3, 0.4) is 0 Å². The van der Waals surface area contributed by atoms with E-state index in [-0.39, 0.29) is 24.2 Å². The van der Waals surface area contributed by atoms with E-state index >= 15 is 0 Å². The number of carbonyl (C=O) groups excluding carboxylic acids is 1. The lowest BCUT2D eigenvalue weighted by Crippen LogP contribution is -2.41. The summed E-state index contributed by atoms with van der Waals surface area (Å²) in [6.07, 6.45) is -1.03. The molecule has 0 aliphatic carbocycles. The van der Waals surface area contributed by atoms with Gasteiger partial charge in [0.1, 0.15) is 11.6 Å². The highest BCUT2D eigenvalue weighted by molar-refractivity contribution is 6.01. The number of β-amino-alcohol motifs (C(OH)–C–C–N with tert-alkyl or cyclic N) is 1. The molecule has 8 heteroatoms. The van der Waals surface area contributed by atoms with Crippen molar-refractivity contribution in [2.45, 2.75) is 25.5 Å². The summed E-state index contributed by atoms with van der Waals surface area (Å²) in [4.78, 5) is 35.0. The number of aryl methyl sites for hydroxylation is 1. The van der Waals surface area contributed by atoms with Crippen LogP contribution in [0.5, 0.6) is 0 Å². The molecule has 1 aliphatic heterocycles. The fraction of sp³-hybridized carbons (Fsp3) is 0.385. The highest BCUT2D eigenvalue weighted by atomic mass is 16.6. The van der Waals surface area contributed by atoms with Crippen molar-refractivity contribution in [1.82, 2.24) is 4.90 Å². The SMILES string of the molecule is Cc1cccc([N+](=O)[O-])c1C(=O)N1CC(O)CC1C(=O)O. The number of nitro groups is 1. The van der Waals surface area contributed by atoms with E-state index in [2.05, 4.69) is 0 Å². The largest absolute Gasteiger partial charge is 0.480 e. The number of amides is 1. The summed E-state index contributed by atoms with van der Waals surface area (Å²) in [7, 11) is 0. The highest BCUT2D eigenvalue weighted by Gasteiger charge is 2.41. The number of carboxylic acid groups (broad SMARTS) is 1. The third kappa shape index (κ3) is 2.70. The third-order valence-electron chi connectivity index (χ3n) is 3.49. The van der Waals surface area contributed by atoms with Crippen molar-refractivity contribution in [3.8, 4) is 0 Å². The molecule has 0 bridgehead atoms. The number of aliphatic carboxylic acids is 1. The van der Waals surface area contributed by atoms with Gasteiger partial charge in [-0.3, -0.25) is 14.9 Å². The number of aliphatic hydroxyl groups is 1. The second-order valence-electron chi connectivity index (χ2n) is 4.93. The molecule has 2 atom stereocenters. The number of nitrogens with zero attached hydrogens (tertiary/aromatic N) is 2. The second-order valence-corrected chi connectivity index (χ2v) is 4.93. The topological polar surface area (TPSA) is 121 Å². The molecule has 8 nitrogen and oxygen atoms in total. The molecule has 0 spiro atoms. The molecule has 2 unspecified atom stereocenters. The van der Waals surface area contributed by atoms with Crippen molar-refractivity contribution in [2.24, 2.45) is 0 Å². The standard InChI is InChI=1S/C13H14N2O6/c1-7-3-2-4-9(15(20)21)11(7)12(17)14-6-8(16)5-10(14)13(18)19/h2-4,8,10,16H,5-6H2,1H3,(H,18,19). The number of aliphatic hydroxyl groups excluding tert-OH is 1. The van der Waals surface area contributed by atoms with Gasteiger partial charge in [-0.15, -0.1) is 0 Å². The molecule has 112 valence electrons. The summed E-state index contributed by atoms with van der Waals surface area (Å²) in [5.41, 5.74) is -0.117. The van der Waals surface area contributed by atoms with Crippen molar-refractivity contribution in [2.75, 3.05) is 6.54 Å². The molecular weight excluding hydrogens is 280 g/mol. The van der Waals surface area contributed by atoms with Gasteiger partial charge in [-0.25, -0.2) is 4.79 Å². The Morgan fingerprint density at radius 1 is 1.43 bits per heavy atom. The third-order valence-corrected chi connectivity index (χ3v) is 3.49. The Balaban J connectivity index is 2.45. The van der Waals surface area contributed by atoms with Gasteiger partial charge in [0.2, 0.25) is 0 Å². The Bertz CT molecular complexity index is 615. The van der Waals surface area contributed by atoms with Crippen LogP contribution < -0.4 is 0 Å². The Morgan fingerprint density at radius 3 is 2.67 bits per heavy atom. The molecule has 1 amide bonds. The number of likely N-dealkylation sites (tertiary alicyclic amines) is 1. The van der Waals surface area contributed by atoms with Gasteiger partial charge in [0.25, 0.3) is 11.6 Å². The number of carboxylic acids is 1. The van der Waals surface area contributed by atoms with Crippen LogP contribution in [-0.4, -0.2) is 50.6 Å². The molecule has 1 aromatic rings. The van der Waals surface area contributed by atoms with E-state index in [0.29, 0.717) is 5.56 Å². The molecule has 1 heterocycles. The first kappa shape index (κ1) is 14.9. The minimum atomic E-state index is -1.24. The Morgan fingerprint density at radius 2 is 2.10 bits per heavy atom. The maximum atomic E-state index is 12.5. The lowest BCUT2D eigenvalue weighted by Gasteiger charge is -2.21. The summed E-state index contributed by atoms with van der Waals surface area (Å²) in [5, 5.41) is 29.7. The molecule has 0 radical (unpaired) electrons. The maximum absolute atomic E-state index is 12.5. The lowest BCUT2D eigenvalue weighted by atomic mass is 10.0. The Labute approximate surface area is 119 Å². The van der Waals surface area contributed by atoms with Crippen LogP contribution in [0.25, 0.3) is 0 Å². The van der Waals surface area contributed by atoms with Gasteiger partial charge < -0.3 is 15.1 Å². The molecule has 0 aromatic heterocycles. The Kier molecular flexibility index (Phi) is 3.90. The van der Waals surface area contributed by atoms with Crippen LogP contribution in [0, 0.1) is 17.0 Å². The molecule has 1 aromatic carbocycles. The number of benzene rings is 1. The van der Waals surface area contributed by atoms with Crippen LogP contribution in [0.15, 0.2) is 18.2 Å². The fourth-order valence-corrected chi connectivity index (χ4v) is 2.50. The maximum Gasteiger partial charge on any atom is 0.326 e. The highest BCUT2D eigenvalue weighted by Crippen LogP contribution is 2.27. The van der Waals surface area contributed by atoms with Crippen LogP contribution in [-0.2, 0) is 4.79 Å². The van der Waals surface area contributed by atoms with Crippen LogP contribution in [0.2, 0.25) is 0 Å². The van der Waals surface area contributed by atoms with Gasteiger partial charge in [0.05, 0.1) is 11.0 Å². The van der Waals surface area contributed by atoms with Crippen molar-refractivity contribution in [3.05, 3.63) is 39.4 Å². The van der Waals surface area contributed by atoms with E-state index in [1.807, 2.05) is 0 Å². The number of rotatable bonds is 3. The molecule has 21 heavy (non-hydrogen) atoms. The van der Waals surface area contributed by atoms with Gasteiger partial charge in [-0.1, -0.05) is 12.1 Å². The zero-order valence-corrected chi connectivity index (χ0v) is 11.2. The lowest BCUT2D eigenvalue weighted by molar-refractivity contribution is -0.385. The summed E-state index contributed by atoms with van der Waals surface area (Å²) in [6.45, 7) is 1.39. The van der Waals surface area contributed by atoms with E-state index in [4.69, 9.17) is 5.11 Å². The Hall–Kier alpha value is -2.48. The van der Waals surface area contributed by atoms with Crippen molar-refractivity contribution < 1.29 is 24.7 Å². The fourth-order valence-electron chi connectivity index (χ4n) is 2.50. The summed E-state index contributed by atoms with van der Waals surface area (Å²) < 4.78 is 0. The first-order chi connectivity index (χ1) is 9.82. The first-order valence-corrected chi connectivity index (χ1v) is 6.28. The zero-order valence-electron chi connectivity index (χ0n) is 11.2. The first-order valence-electron chi connectivity index (χ1n) is 6.28.